The predicted octanol–water partition coefficient (Wildman–Crippen LogP) is 2.33. The molecule has 5 nitrogen and oxygen atoms in total. The molecule has 0 aliphatic heterocycles. The summed E-state index contributed by atoms with van der Waals surface area (Å²) in [5.41, 5.74) is 4.33. The van der Waals surface area contributed by atoms with Crippen LogP contribution in [0.15, 0.2) is 29.0 Å². The Morgan fingerprint density at radius 1 is 1.37 bits per heavy atom. The van der Waals surface area contributed by atoms with Gasteiger partial charge in [-0.05, 0) is 28.1 Å². The first-order chi connectivity index (χ1) is 8.79. The summed E-state index contributed by atoms with van der Waals surface area (Å²) in [4.78, 5) is 3.48. The van der Waals surface area contributed by atoms with Gasteiger partial charge in [0.25, 0.3) is 0 Å². The van der Waals surface area contributed by atoms with Crippen LogP contribution in [0.3, 0.4) is 0 Å². The predicted molar refractivity (Wildman–Crippen MR) is 65.1 cm³/mol. The summed E-state index contributed by atoms with van der Waals surface area (Å²) in [6.45, 7) is 0. The van der Waals surface area contributed by atoms with Gasteiger partial charge in [-0.25, -0.2) is 9.67 Å². The molecule has 0 bridgehead atoms. The number of aromatic nitrogens is 3. The first-order valence-corrected chi connectivity index (χ1v) is 5.71. The van der Waals surface area contributed by atoms with Gasteiger partial charge in [0, 0.05) is 6.20 Å². The highest BCUT2D eigenvalue weighted by molar-refractivity contribution is 9.10. The second kappa shape index (κ2) is 4.65. The Balaban J connectivity index is 2.64. The van der Waals surface area contributed by atoms with Crippen molar-refractivity contribution >= 4 is 21.8 Å². The number of alkyl halides is 3. The molecule has 0 aliphatic rings. The zero-order valence-electron chi connectivity index (χ0n) is 9.24. The molecule has 0 saturated heterocycles. The molecule has 0 fully saturated rings. The number of rotatable bonds is 2. The van der Waals surface area contributed by atoms with Crippen molar-refractivity contribution in [1.82, 2.24) is 14.8 Å². The molecule has 2 heterocycles. The average molecular weight is 334 g/mol. The van der Waals surface area contributed by atoms with Gasteiger partial charge in [-0.15, -0.1) is 0 Å². The maximum absolute atomic E-state index is 12.6. The van der Waals surface area contributed by atoms with Crippen molar-refractivity contribution in [3.63, 3.8) is 0 Å². The highest BCUT2D eigenvalue weighted by atomic mass is 79.9. The number of hydrogen-bond donors (Lipinski definition) is 2. The van der Waals surface area contributed by atoms with Crippen molar-refractivity contribution in [3.8, 4) is 5.82 Å². The number of hydrogen-bond acceptors (Lipinski definition) is 3. The molecule has 100 valence electrons. The lowest BCUT2D eigenvalue weighted by atomic mass is 10.2. The molecule has 2 aromatic rings. The van der Waals surface area contributed by atoms with Gasteiger partial charge in [-0.2, -0.15) is 18.3 Å². The molecule has 0 atom stereocenters. The first kappa shape index (κ1) is 13.5. The summed E-state index contributed by atoms with van der Waals surface area (Å²) in [7, 11) is 0. The van der Waals surface area contributed by atoms with E-state index in [1.165, 1.54) is 12.4 Å². The van der Waals surface area contributed by atoms with Crippen molar-refractivity contribution in [2.24, 2.45) is 5.73 Å². The van der Waals surface area contributed by atoms with Gasteiger partial charge in [0.05, 0.1) is 16.2 Å². The van der Waals surface area contributed by atoms with Crippen molar-refractivity contribution in [2.45, 2.75) is 6.18 Å². The van der Waals surface area contributed by atoms with Gasteiger partial charge in [-0.3, -0.25) is 5.41 Å². The minimum atomic E-state index is -4.57. The van der Waals surface area contributed by atoms with Gasteiger partial charge in [0.15, 0.2) is 5.82 Å². The van der Waals surface area contributed by atoms with Gasteiger partial charge in [0.1, 0.15) is 11.5 Å². The third kappa shape index (κ3) is 2.75. The number of amidine groups is 1. The van der Waals surface area contributed by atoms with Crippen molar-refractivity contribution in [3.05, 3.63) is 40.3 Å². The lowest BCUT2D eigenvalue weighted by molar-refractivity contribution is -0.141. The zero-order valence-corrected chi connectivity index (χ0v) is 10.8. The lowest BCUT2D eigenvalue weighted by Gasteiger charge is -2.11. The summed E-state index contributed by atoms with van der Waals surface area (Å²) in [5, 5.41) is 11.2. The van der Waals surface area contributed by atoms with Crippen LogP contribution in [0.4, 0.5) is 13.2 Å². The summed E-state index contributed by atoms with van der Waals surface area (Å²) in [5.74, 6) is -0.532. The number of pyridine rings is 1. The van der Waals surface area contributed by atoms with Crippen LogP contribution in [0.5, 0.6) is 0 Å². The zero-order chi connectivity index (χ0) is 14.2. The largest absolute Gasteiger partial charge is 0.433 e. The van der Waals surface area contributed by atoms with Crippen LogP contribution in [0.1, 0.15) is 11.3 Å². The molecule has 0 amide bonds. The Bertz CT molecular complexity index is 634. The highest BCUT2D eigenvalue weighted by Crippen LogP contribution is 2.29. The molecule has 2 rings (SSSR count). The number of nitrogen functional groups attached to an aromatic ring is 1. The maximum atomic E-state index is 12.6. The topological polar surface area (TPSA) is 80.6 Å². The standard InChI is InChI=1S/C10H7BrF3N5/c11-5-3-17-19(4-5)9-6(8(15)16)1-2-7(18-9)10(12,13)14/h1-4H,(H3,15,16). The van der Waals surface area contributed by atoms with E-state index < -0.39 is 11.9 Å². The Morgan fingerprint density at radius 3 is 2.53 bits per heavy atom. The van der Waals surface area contributed by atoms with Crippen LogP contribution in [0.2, 0.25) is 0 Å². The second-order valence-corrected chi connectivity index (χ2v) is 4.50. The maximum Gasteiger partial charge on any atom is 0.433 e. The van der Waals surface area contributed by atoms with Gasteiger partial charge < -0.3 is 5.73 Å². The molecule has 0 spiro atoms. The highest BCUT2D eigenvalue weighted by Gasteiger charge is 2.33. The average Bonchev–Trinajstić information content (AvgIpc) is 2.73. The summed E-state index contributed by atoms with van der Waals surface area (Å²) < 4.78 is 39.6. The van der Waals surface area contributed by atoms with Crippen LogP contribution in [0, 0.1) is 5.41 Å². The fourth-order valence-corrected chi connectivity index (χ4v) is 1.69. The van der Waals surface area contributed by atoms with E-state index in [4.69, 9.17) is 11.1 Å². The summed E-state index contributed by atoms with van der Waals surface area (Å²) >= 11 is 3.13. The van der Waals surface area contributed by atoms with Crippen LogP contribution in [-0.2, 0) is 6.18 Å². The third-order valence-electron chi connectivity index (χ3n) is 2.22. The molecule has 0 radical (unpaired) electrons. The van der Waals surface area contributed by atoms with Crippen LogP contribution >= 0.6 is 15.9 Å². The summed E-state index contributed by atoms with van der Waals surface area (Å²) in [6, 6.07) is 1.88. The van der Waals surface area contributed by atoms with E-state index in [1.54, 1.807) is 0 Å². The molecule has 0 unspecified atom stereocenters. The molecule has 0 aromatic carbocycles. The van der Waals surface area contributed by atoms with E-state index in [1.807, 2.05) is 0 Å². The Morgan fingerprint density at radius 2 is 2.05 bits per heavy atom. The number of halogens is 4. The van der Waals surface area contributed by atoms with Crippen LogP contribution in [0.25, 0.3) is 5.82 Å². The van der Waals surface area contributed by atoms with E-state index >= 15 is 0 Å². The fourth-order valence-electron chi connectivity index (χ4n) is 1.41. The summed E-state index contributed by atoms with van der Waals surface area (Å²) in [6.07, 6.45) is -1.75. The van der Waals surface area contributed by atoms with E-state index in [-0.39, 0.29) is 17.2 Å². The molecule has 19 heavy (non-hydrogen) atoms. The molecule has 3 N–H and O–H groups in total. The molecule has 9 heteroatoms. The fraction of sp³-hybridized carbons (Fsp3) is 0.100. The van der Waals surface area contributed by atoms with E-state index in [2.05, 4.69) is 26.0 Å². The van der Waals surface area contributed by atoms with Crippen LogP contribution < -0.4 is 5.73 Å². The second-order valence-electron chi connectivity index (χ2n) is 3.58. The third-order valence-corrected chi connectivity index (χ3v) is 2.63. The normalized spacial score (nSPS) is 11.6. The van der Waals surface area contributed by atoms with Gasteiger partial charge in [0.2, 0.25) is 0 Å². The van der Waals surface area contributed by atoms with E-state index in [0.717, 1.165) is 16.8 Å². The van der Waals surface area contributed by atoms with Gasteiger partial charge in [-0.1, -0.05) is 0 Å². The molecule has 2 aromatic heterocycles. The van der Waals surface area contributed by atoms with E-state index in [9.17, 15) is 13.2 Å². The minimum Gasteiger partial charge on any atom is -0.384 e. The minimum absolute atomic E-state index is 0.0728. The monoisotopic (exact) mass is 333 g/mol. The molecular formula is C10H7BrF3N5. The van der Waals surface area contributed by atoms with Crippen molar-refractivity contribution in [2.75, 3.05) is 0 Å². The smallest absolute Gasteiger partial charge is 0.384 e. The Labute approximate surface area is 113 Å². The van der Waals surface area contributed by atoms with Gasteiger partial charge >= 0.3 is 6.18 Å². The molecule has 0 saturated carbocycles. The SMILES string of the molecule is N=C(N)c1ccc(C(F)(F)F)nc1-n1cc(Br)cn1. The number of nitrogens with two attached hydrogens (primary N) is 1. The van der Waals surface area contributed by atoms with E-state index in [0.29, 0.717) is 4.47 Å². The van der Waals surface area contributed by atoms with Crippen LogP contribution in [-0.4, -0.2) is 20.6 Å². The van der Waals surface area contributed by atoms with Crippen molar-refractivity contribution in [1.29, 1.82) is 5.41 Å². The van der Waals surface area contributed by atoms with Crippen molar-refractivity contribution < 1.29 is 13.2 Å². The molecular weight excluding hydrogens is 327 g/mol. The quantitative estimate of drug-likeness (QED) is 0.653. The Hall–Kier alpha value is -1.90. The Kier molecular flexibility index (Phi) is 3.31. The lowest BCUT2D eigenvalue weighted by Crippen LogP contribution is -2.19. The first-order valence-electron chi connectivity index (χ1n) is 4.92. The number of nitrogens with one attached hydrogen (secondary N) is 1. The number of nitrogens with zero attached hydrogens (tertiary/aromatic N) is 3. The molecule has 0 aliphatic carbocycles.